The molecule has 0 saturated heterocycles. The van der Waals surface area contributed by atoms with Crippen LogP contribution in [0.1, 0.15) is 64.2 Å². The maximum atomic E-state index is 11.8. The Bertz CT molecular complexity index is 477. The molecule has 0 aliphatic heterocycles. The van der Waals surface area contributed by atoms with Crippen molar-refractivity contribution in [1.82, 2.24) is 0 Å². The fourth-order valence-corrected chi connectivity index (χ4v) is 3.61. The van der Waals surface area contributed by atoms with Gasteiger partial charge in [-0.2, -0.15) is 0 Å². The Labute approximate surface area is 143 Å². The maximum Gasteiger partial charge on any atom is 0.396 e. The first kappa shape index (κ1) is 23.6. The van der Waals surface area contributed by atoms with Gasteiger partial charge in [-0.15, -0.1) is 0 Å². The van der Waals surface area contributed by atoms with Crippen LogP contribution in [0.15, 0.2) is 0 Å². The molecule has 0 aromatic heterocycles. The molecule has 0 atom stereocenters. The normalized spacial score (nSPS) is 12.3. The van der Waals surface area contributed by atoms with E-state index in [-0.39, 0.29) is 12.8 Å². The summed E-state index contributed by atoms with van der Waals surface area (Å²) < 4.78 is 31.7. The van der Waals surface area contributed by atoms with E-state index in [1.165, 1.54) is 14.2 Å². The van der Waals surface area contributed by atoms with E-state index in [1.807, 2.05) is 0 Å². The van der Waals surface area contributed by atoms with Gasteiger partial charge in [0.15, 0.2) is 0 Å². The molecule has 0 rings (SSSR count). The van der Waals surface area contributed by atoms with Gasteiger partial charge in [-0.25, -0.2) is 0 Å². The fraction of sp³-hybridized carbons (Fsp3) is 0.857. The molecule has 10 heteroatoms. The minimum Gasteiger partial charge on any atom is -0.319 e. The zero-order valence-electron chi connectivity index (χ0n) is 14.3. The van der Waals surface area contributed by atoms with Crippen molar-refractivity contribution in [2.24, 2.45) is 0 Å². The standard InChI is InChI=1S/C14H28O8P2/c1-21-24(20,22-2)14(16)12-10-8-6-4-3-5-7-9-11-13(15)23(17,18)19/h3-12H2,1-2H3,(H2,17,18,19). The van der Waals surface area contributed by atoms with Crippen molar-refractivity contribution < 1.29 is 37.6 Å². The van der Waals surface area contributed by atoms with Crippen LogP contribution in [-0.4, -0.2) is 35.1 Å². The third kappa shape index (κ3) is 9.82. The average Bonchev–Trinajstić information content (AvgIpc) is 2.54. The van der Waals surface area contributed by atoms with Crippen molar-refractivity contribution in [3.63, 3.8) is 0 Å². The van der Waals surface area contributed by atoms with E-state index in [9.17, 15) is 18.7 Å². The van der Waals surface area contributed by atoms with E-state index in [4.69, 9.17) is 9.79 Å². The smallest absolute Gasteiger partial charge is 0.319 e. The highest BCUT2D eigenvalue weighted by molar-refractivity contribution is 7.71. The molecular formula is C14H28O8P2. The second-order valence-corrected chi connectivity index (χ2v) is 9.33. The molecule has 0 saturated carbocycles. The largest absolute Gasteiger partial charge is 0.396 e. The number of carbonyl (C=O) groups is 2. The summed E-state index contributed by atoms with van der Waals surface area (Å²) >= 11 is 0. The number of hydrogen-bond acceptors (Lipinski definition) is 6. The monoisotopic (exact) mass is 386 g/mol. The molecule has 0 radical (unpaired) electrons. The van der Waals surface area contributed by atoms with Crippen molar-refractivity contribution in [3.8, 4) is 0 Å². The summed E-state index contributed by atoms with van der Waals surface area (Å²) in [5.74, 6) is 0. The van der Waals surface area contributed by atoms with Crippen LogP contribution < -0.4 is 0 Å². The molecule has 0 unspecified atom stereocenters. The Kier molecular flexibility index (Phi) is 11.9. The molecule has 0 spiro atoms. The van der Waals surface area contributed by atoms with Gasteiger partial charge in [0.2, 0.25) is 11.0 Å². The van der Waals surface area contributed by atoms with E-state index in [0.29, 0.717) is 12.8 Å². The van der Waals surface area contributed by atoms with Crippen molar-refractivity contribution >= 4 is 26.2 Å². The molecule has 0 amide bonds. The highest BCUT2D eigenvalue weighted by Crippen LogP contribution is 2.48. The fourth-order valence-electron chi connectivity index (χ4n) is 2.17. The summed E-state index contributed by atoms with van der Waals surface area (Å²) in [5, 5.41) is 0. The summed E-state index contributed by atoms with van der Waals surface area (Å²) in [6.45, 7) is 0. The Hall–Kier alpha value is -0.360. The highest BCUT2D eigenvalue weighted by Gasteiger charge is 2.30. The third-order valence-corrected chi connectivity index (χ3v) is 6.31. The van der Waals surface area contributed by atoms with Crippen LogP contribution in [0, 0.1) is 0 Å². The summed E-state index contributed by atoms with van der Waals surface area (Å²) in [5.41, 5.74) is -1.49. The molecular weight excluding hydrogens is 358 g/mol. The van der Waals surface area contributed by atoms with Gasteiger partial charge in [-0.05, 0) is 12.8 Å². The lowest BCUT2D eigenvalue weighted by Gasteiger charge is -2.11. The number of carbonyl (C=O) groups excluding carboxylic acids is 2. The van der Waals surface area contributed by atoms with Crippen LogP contribution in [0.2, 0.25) is 0 Å². The Morgan fingerprint density at radius 3 is 1.38 bits per heavy atom. The molecule has 8 nitrogen and oxygen atoms in total. The van der Waals surface area contributed by atoms with Crippen LogP contribution >= 0.6 is 15.2 Å². The molecule has 0 aliphatic rings. The average molecular weight is 386 g/mol. The quantitative estimate of drug-likeness (QED) is 0.323. The molecule has 24 heavy (non-hydrogen) atoms. The number of rotatable bonds is 15. The lowest BCUT2D eigenvalue weighted by atomic mass is 10.1. The van der Waals surface area contributed by atoms with Crippen LogP contribution in [0.3, 0.4) is 0 Å². The Balaban J connectivity index is 3.56. The lowest BCUT2D eigenvalue weighted by Crippen LogP contribution is -2.03. The summed E-state index contributed by atoms with van der Waals surface area (Å²) in [6.07, 6.45) is 6.60. The van der Waals surface area contributed by atoms with Gasteiger partial charge in [0.1, 0.15) is 0 Å². The first-order chi connectivity index (χ1) is 11.2. The van der Waals surface area contributed by atoms with Gasteiger partial charge >= 0.3 is 15.2 Å². The highest BCUT2D eigenvalue weighted by atomic mass is 31.2. The second kappa shape index (κ2) is 12.1. The first-order valence-electron chi connectivity index (χ1n) is 8.01. The predicted octanol–water partition coefficient (Wildman–Crippen LogP) is 3.60. The molecule has 0 fully saturated rings. The van der Waals surface area contributed by atoms with E-state index < -0.39 is 26.2 Å². The van der Waals surface area contributed by atoms with Crippen LogP contribution in [0.25, 0.3) is 0 Å². The molecule has 0 aromatic carbocycles. The van der Waals surface area contributed by atoms with Crippen LogP contribution in [0.5, 0.6) is 0 Å². The van der Waals surface area contributed by atoms with Crippen molar-refractivity contribution in [1.29, 1.82) is 0 Å². The Morgan fingerprint density at radius 1 is 0.708 bits per heavy atom. The topological polar surface area (TPSA) is 127 Å². The minimum atomic E-state index is -4.56. The van der Waals surface area contributed by atoms with Gasteiger partial charge in [-0.3, -0.25) is 18.7 Å². The SMILES string of the molecule is COP(=O)(OC)C(=O)CCCCCCCCCCC(=O)P(=O)(O)O. The number of unbranched alkanes of at least 4 members (excludes halogenated alkanes) is 7. The summed E-state index contributed by atoms with van der Waals surface area (Å²) in [7, 11) is -5.77. The van der Waals surface area contributed by atoms with Gasteiger partial charge < -0.3 is 18.8 Å². The molecule has 0 heterocycles. The van der Waals surface area contributed by atoms with Crippen molar-refractivity contribution in [3.05, 3.63) is 0 Å². The van der Waals surface area contributed by atoms with E-state index in [2.05, 4.69) is 9.05 Å². The second-order valence-electron chi connectivity index (χ2n) is 5.52. The molecule has 0 bridgehead atoms. The molecule has 0 aromatic rings. The third-order valence-electron chi connectivity index (χ3n) is 3.64. The molecule has 2 N–H and O–H groups in total. The van der Waals surface area contributed by atoms with Crippen LogP contribution in [0.4, 0.5) is 0 Å². The van der Waals surface area contributed by atoms with Crippen molar-refractivity contribution in [2.45, 2.75) is 64.2 Å². The first-order valence-corrected chi connectivity index (χ1v) is 11.2. The van der Waals surface area contributed by atoms with E-state index >= 15 is 0 Å². The van der Waals surface area contributed by atoms with Gasteiger partial charge in [0.05, 0.1) is 0 Å². The minimum absolute atomic E-state index is 0.0779. The predicted molar refractivity (Wildman–Crippen MR) is 89.9 cm³/mol. The van der Waals surface area contributed by atoms with E-state index in [1.54, 1.807) is 0 Å². The summed E-state index contributed by atoms with van der Waals surface area (Å²) in [6, 6.07) is 0. The summed E-state index contributed by atoms with van der Waals surface area (Å²) in [4.78, 5) is 39.9. The maximum absolute atomic E-state index is 11.8. The van der Waals surface area contributed by atoms with Crippen LogP contribution in [-0.2, 0) is 27.8 Å². The van der Waals surface area contributed by atoms with Gasteiger partial charge in [0.25, 0.3) is 0 Å². The van der Waals surface area contributed by atoms with Crippen molar-refractivity contribution in [2.75, 3.05) is 14.2 Å². The van der Waals surface area contributed by atoms with E-state index in [0.717, 1.165) is 38.5 Å². The Morgan fingerprint density at radius 2 is 1.04 bits per heavy atom. The number of hydrogen-bond donors (Lipinski definition) is 2. The zero-order valence-corrected chi connectivity index (χ0v) is 16.1. The molecule has 142 valence electrons. The zero-order chi connectivity index (χ0) is 18.6. The lowest BCUT2D eigenvalue weighted by molar-refractivity contribution is -0.114. The molecule has 0 aliphatic carbocycles. The van der Waals surface area contributed by atoms with Gasteiger partial charge in [0, 0.05) is 27.1 Å². The van der Waals surface area contributed by atoms with Gasteiger partial charge in [-0.1, -0.05) is 38.5 Å².